The van der Waals surface area contributed by atoms with Crippen LogP contribution in [0.4, 0.5) is 5.69 Å². The molecule has 0 aliphatic carbocycles. The van der Waals surface area contributed by atoms with Crippen molar-refractivity contribution in [3.05, 3.63) is 93.6 Å². The number of allylic oxidation sites excluding steroid dienone is 1. The highest BCUT2D eigenvalue weighted by atomic mass is 35.5. The van der Waals surface area contributed by atoms with Gasteiger partial charge in [-0.05, 0) is 73.0 Å². The second-order valence-corrected chi connectivity index (χ2v) is 7.72. The topological polar surface area (TPSA) is 21.7 Å². The number of ether oxygens (including phenoxy) is 2. The van der Waals surface area contributed by atoms with E-state index in [4.69, 9.17) is 21.1 Å². The number of halogens is 1. The van der Waals surface area contributed by atoms with E-state index in [9.17, 15) is 0 Å². The summed E-state index contributed by atoms with van der Waals surface area (Å²) >= 11 is 6.15. The van der Waals surface area contributed by atoms with E-state index < -0.39 is 0 Å². The molecule has 0 N–H and O–H groups in total. The maximum absolute atomic E-state index is 6.15. The lowest BCUT2D eigenvalue weighted by atomic mass is 9.88. The number of nitrogens with zero attached hydrogens (tertiary/aromatic N) is 1. The van der Waals surface area contributed by atoms with Gasteiger partial charge in [-0.3, -0.25) is 0 Å². The minimum Gasteiger partial charge on any atom is -0.493 e. The van der Waals surface area contributed by atoms with Gasteiger partial charge >= 0.3 is 0 Å². The maximum Gasteiger partial charge on any atom is 0.161 e. The molecule has 148 valence electrons. The zero-order valence-electron chi connectivity index (χ0n) is 17.1. The first-order valence-corrected chi connectivity index (χ1v) is 9.95. The summed E-state index contributed by atoms with van der Waals surface area (Å²) in [5.74, 6) is 1.46. The lowest BCUT2D eigenvalue weighted by Crippen LogP contribution is -2.31. The van der Waals surface area contributed by atoms with Crippen LogP contribution in [0.2, 0.25) is 5.02 Å². The molecule has 3 aromatic carbocycles. The summed E-state index contributed by atoms with van der Waals surface area (Å²) in [6.07, 6.45) is 2.19. The van der Waals surface area contributed by atoms with E-state index in [1.165, 1.54) is 16.7 Å². The molecule has 0 spiro atoms. The molecule has 0 radical (unpaired) electrons. The number of methoxy groups -OCH3 is 2. The van der Waals surface area contributed by atoms with Crippen molar-refractivity contribution in [3.8, 4) is 11.5 Å². The highest BCUT2D eigenvalue weighted by Gasteiger charge is 2.31. The first-order chi connectivity index (χ1) is 14.0. The van der Waals surface area contributed by atoms with Crippen LogP contribution in [0.15, 0.2) is 66.4 Å². The van der Waals surface area contributed by atoms with Crippen LogP contribution in [0.3, 0.4) is 0 Å². The minimum absolute atomic E-state index is 0.0107. The third-order valence-electron chi connectivity index (χ3n) is 5.38. The quantitative estimate of drug-likeness (QED) is 0.485. The van der Waals surface area contributed by atoms with Gasteiger partial charge in [0.25, 0.3) is 0 Å². The predicted molar refractivity (Wildman–Crippen MR) is 120 cm³/mol. The van der Waals surface area contributed by atoms with E-state index >= 15 is 0 Å². The Balaban J connectivity index is 1.95. The fourth-order valence-electron chi connectivity index (χ4n) is 3.94. The fraction of sp³-hybridized carbons (Fsp3) is 0.200. The van der Waals surface area contributed by atoms with Crippen LogP contribution in [-0.4, -0.2) is 14.2 Å². The van der Waals surface area contributed by atoms with Crippen molar-refractivity contribution in [1.29, 1.82) is 0 Å². The smallest absolute Gasteiger partial charge is 0.161 e. The van der Waals surface area contributed by atoms with Gasteiger partial charge in [0, 0.05) is 16.4 Å². The van der Waals surface area contributed by atoms with Crippen molar-refractivity contribution >= 4 is 23.4 Å². The molecule has 0 bridgehead atoms. The average molecular weight is 406 g/mol. The number of benzene rings is 3. The Morgan fingerprint density at radius 3 is 2.07 bits per heavy atom. The van der Waals surface area contributed by atoms with Crippen LogP contribution in [0, 0.1) is 6.92 Å². The molecule has 1 unspecified atom stereocenters. The molecule has 0 amide bonds. The van der Waals surface area contributed by atoms with Gasteiger partial charge in [-0.2, -0.15) is 0 Å². The molecule has 1 aliphatic rings. The number of fused-ring (bicyclic) bond motifs is 1. The molecule has 0 fully saturated rings. The molecule has 3 aromatic rings. The molecule has 0 aromatic heterocycles. The molecule has 4 heteroatoms. The Morgan fingerprint density at radius 1 is 0.828 bits per heavy atom. The van der Waals surface area contributed by atoms with Crippen molar-refractivity contribution in [1.82, 2.24) is 0 Å². The zero-order valence-corrected chi connectivity index (χ0v) is 17.8. The van der Waals surface area contributed by atoms with Crippen LogP contribution in [0.5, 0.6) is 11.5 Å². The molecule has 29 heavy (non-hydrogen) atoms. The molecule has 0 saturated heterocycles. The normalized spacial score (nSPS) is 15.6. The van der Waals surface area contributed by atoms with Crippen molar-refractivity contribution in [2.45, 2.75) is 19.9 Å². The Kier molecular flexibility index (Phi) is 5.25. The number of hydrogen-bond acceptors (Lipinski definition) is 3. The summed E-state index contributed by atoms with van der Waals surface area (Å²) in [5.41, 5.74) is 7.00. The van der Waals surface area contributed by atoms with E-state index in [-0.39, 0.29) is 6.04 Å². The van der Waals surface area contributed by atoms with Gasteiger partial charge in [-0.15, -0.1) is 0 Å². The highest BCUT2D eigenvalue weighted by molar-refractivity contribution is 6.30. The van der Waals surface area contributed by atoms with E-state index in [1.54, 1.807) is 14.2 Å². The molecule has 3 nitrogen and oxygen atoms in total. The summed E-state index contributed by atoms with van der Waals surface area (Å²) in [6, 6.07) is 20.8. The maximum atomic E-state index is 6.15. The minimum atomic E-state index is 0.0107. The van der Waals surface area contributed by atoms with Crippen molar-refractivity contribution in [3.63, 3.8) is 0 Å². The summed E-state index contributed by atoms with van der Waals surface area (Å²) in [6.45, 7) is 4.24. The van der Waals surface area contributed by atoms with E-state index in [1.807, 2.05) is 12.1 Å². The molecule has 0 saturated carbocycles. The lowest BCUT2D eigenvalue weighted by Gasteiger charge is -2.39. The van der Waals surface area contributed by atoms with Crippen molar-refractivity contribution in [2.24, 2.45) is 0 Å². The van der Waals surface area contributed by atoms with Gasteiger partial charge in [-0.1, -0.05) is 41.4 Å². The lowest BCUT2D eigenvalue weighted by molar-refractivity contribution is 0.354. The van der Waals surface area contributed by atoms with Crippen LogP contribution >= 0.6 is 11.6 Å². The molecular weight excluding hydrogens is 382 g/mol. The molecule has 1 heterocycles. The number of hydrogen-bond donors (Lipinski definition) is 0. The number of rotatable bonds is 4. The van der Waals surface area contributed by atoms with E-state index in [0.29, 0.717) is 0 Å². The third-order valence-corrected chi connectivity index (χ3v) is 5.64. The first-order valence-electron chi connectivity index (χ1n) is 9.57. The molecule has 1 aliphatic heterocycles. The largest absolute Gasteiger partial charge is 0.493 e. The van der Waals surface area contributed by atoms with E-state index in [2.05, 4.69) is 73.4 Å². The second kappa shape index (κ2) is 7.84. The van der Waals surface area contributed by atoms with Gasteiger partial charge in [0.05, 0.1) is 20.3 Å². The van der Waals surface area contributed by atoms with Gasteiger partial charge in [0.15, 0.2) is 11.5 Å². The van der Waals surface area contributed by atoms with Crippen LogP contribution < -0.4 is 14.4 Å². The van der Waals surface area contributed by atoms with Gasteiger partial charge in [0.2, 0.25) is 0 Å². The second-order valence-electron chi connectivity index (χ2n) is 7.28. The zero-order chi connectivity index (χ0) is 20.5. The Labute approximate surface area is 177 Å². The Bertz CT molecular complexity index is 1060. The van der Waals surface area contributed by atoms with Gasteiger partial charge in [0.1, 0.15) is 0 Å². The standard InChI is InChI=1S/C25H24ClNO2/c1-16-5-7-18(8-6-16)25-22-15-24(29-4)23(28-3)14-19(22)13-17(2)27(25)21-11-9-20(26)10-12-21/h5-15,25H,1-4H3. The van der Waals surface area contributed by atoms with E-state index in [0.717, 1.165) is 33.5 Å². The summed E-state index contributed by atoms with van der Waals surface area (Å²) in [5, 5.41) is 0.728. The molecular formula is C25H24ClNO2. The Hall–Kier alpha value is -2.91. The fourth-order valence-corrected chi connectivity index (χ4v) is 4.07. The van der Waals surface area contributed by atoms with Crippen LogP contribution in [0.1, 0.15) is 35.2 Å². The summed E-state index contributed by atoms with van der Waals surface area (Å²) in [4.78, 5) is 2.34. The number of anilines is 1. The van der Waals surface area contributed by atoms with Gasteiger partial charge < -0.3 is 14.4 Å². The third kappa shape index (κ3) is 3.58. The van der Waals surface area contributed by atoms with Crippen LogP contribution in [-0.2, 0) is 0 Å². The summed E-state index contributed by atoms with van der Waals surface area (Å²) < 4.78 is 11.1. The summed E-state index contributed by atoms with van der Waals surface area (Å²) in [7, 11) is 3.34. The van der Waals surface area contributed by atoms with Crippen molar-refractivity contribution in [2.75, 3.05) is 19.1 Å². The van der Waals surface area contributed by atoms with Gasteiger partial charge in [-0.25, -0.2) is 0 Å². The SMILES string of the molecule is COc1cc2c(cc1OC)C(c1ccc(C)cc1)N(c1ccc(Cl)cc1)C(C)=C2. The average Bonchev–Trinajstić information content (AvgIpc) is 2.73. The number of aryl methyl sites for hydroxylation is 1. The Morgan fingerprint density at radius 2 is 1.45 bits per heavy atom. The van der Waals surface area contributed by atoms with Crippen LogP contribution in [0.25, 0.3) is 6.08 Å². The highest BCUT2D eigenvalue weighted by Crippen LogP contribution is 2.45. The predicted octanol–water partition coefficient (Wildman–Crippen LogP) is 6.64. The first kappa shape index (κ1) is 19.4. The van der Waals surface area contributed by atoms with Crippen molar-refractivity contribution < 1.29 is 9.47 Å². The monoisotopic (exact) mass is 405 g/mol. The molecule has 4 rings (SSSR count). The molecule has 1 atom stereocenters.